The van der Waals surface area contributed by atoms with Crippen LogP contribution >= 0.6 is 11.3 Å². The van der Waals surface area contributed by atoms with Gasteiger partial charge in [0.25, 0.3) is 0 Å². The lowest BCUT2D eigenvalue weighted by atomic mass is 10.1. The van der Waals surface area contributed by atoms with E-state index >= 15 is 0 Å². The van der Waals surface area contributed by atoms with Crippen molar-refractivity contribution in [1.29, 1.82) is 0 Å². The number of nitrogens with zero attached hydrogens (tertiary/aromatic N) is 2. The first-order valence-corrected chi connectivity index (χ1v) is 8.97. The van der Waals surface area contributed by atoms with Crippen LogP contribution in [0.3, 0.4) is 0 Å². The number of carbonyl (C=O) groups excluding carboxylic acids is 1. The molecule has 128 valence electrons. The molecule has 2 heterocycles. The van der Waals surface area contributed by atoms with Crippen molar-refractivity contribution < 1.29 is 14.3 Å². The van der Waals surface area contributed by atoms with Gasteiger partial charge in [-0.2, -0.15) is 0 Å². The Hall–Kier alpha value is -2.60. The first kappa shape index (κ1) is 15.9. The van der Waals surface area contributed by atoms with E-state index in [1.807, 2.05) is 49.5 Å². The number of carbonyl (C=O) groups is 1. The molecule has 4 rings (SSSR count). The van der Waals surface area contributed by atoms with Crippen LogP contribution in [0, 0.1) is 0 Å². The number of amides is 1. The number of rotatable bonds is 4. The van der Waals surface area contributed by atoms with Gasteiger partial charge in [0.1, 0.15) is 18.2 Å². The smallest absolute Gasteiger partial charge is 0.227 e. The summed E-state index contributed by atoms with van der Waals surface area (Å²) in [4.78, 5) is 18.8. The molecule has 0 saturated heterocycles. The lowest BCUT2D eigenvalue weighted by molar-refractivity contribution is -0.129. The van der Waals surface area contributed by atoms with Gasteiger partial charge in [-0.3, -0.25) is 4.79 Å². The average molecular weight is 354 g/mol. The Morgan fingerprint density at radius 2 is 1.96 bits per heavy atom. The van der Waals surface area contributed by atoms with Crippen LogP contribution in [0.5, 0.6) is 11.5 Å². The van der Waals surface area contributed by atoms with Gasteiger partial charge in [-0.15, -0.1) is 11.3 Å². The van der Waals surface area contributed by atoms with Gasteiger partial charge in [0.2, 0.25) is 5.91 Å². The second kappa shape index (κ2) is 6.72. The van der Waals surface area contributed by atoms with E-state index in [0.29, 0.717) is 31.9 Å². The molecule has 1 amide bonds. The molecule has 1 aliphatic rings. The van der Waals surface area contributed by atoms with Gasteiger partial charge in [-0.25, -0.2) is 4.98 Å². The van der Waals surface area contributed by atoms with E-state index in [-0.39, 0.29) is 5.91 Å². The number of likely N-dealkylation sites (N-methyl/N-ethyl adjacent to an activating group) is 1. The molecule has 0 fully saturated rings. The Bertz CT molecular complexity index is 889. The average Bonchev–Trinajstić information content (AvgIpc) is 3.03. The molecule has 0 bridgehead atoms. The Labute approximate surface area is 149 Å². The predicted molar refractivity (Wildman–Crippen MR) is 97.2 cm³/mol. The molecule has 0 unspecified atom stereocenters. The number of aromatic nitrogens is 1. The zero-order chi connectivity index (χ0) is 17.2. The maximum atomic E-state index is 12.5. The lowest BCUT2D eigenvalue weighted by Crippen LogP contribution is -2.27. The van der Waals surface area contributed by atoms with Crippen LogP contribution in [0.25, 0.3) is 10.2 Å². The van der Waals surface area contributed by atoms with Crippen molar-refractivity contribution in [3.8, 4) is 11.5 Å². The van der Waals surface area contributed by atoms with Crippen LogP contribution in [0.15, 0.2) is 42.5 Å². The minimum Gasteiger partial charge on any atom is -0.486 e. The highest BCUT2D eigenvalue weighted by atomic mass is 32.1. The van der Waals surface area contributed by atoms with Crippen molar-refractivity contribution in [2.45, 2.75) is 13.0 Å². The van der Waals surface area contributed by atoms with E-state index in [4.69, 9.17) is 9.47 Å². The third kappa shape index (κ3) is 3.44. The Morgan fingerprint density at radius 3 is 2.80 bits per heavy atom. The SMILES string of the molecule is CN(Cc1nc2ccccc2s1)C(=O)Cc1ccc2c(c1)OCCO2. The van der Waals surface area contributed by atoms with Crippen LogP contribution in [-0.2, 0) is 17.8 Å². The van der Waals surface area contributed by atoms with E-state index in [2.05, 4.69) is 4.98 Å². The van der Waals surface area contributed by atoms with E-state index in [9.17, 15) is 4.79 Å². The van der Waals surface area contributed by atoms with Gasteiger partial charge in [0.05, 0.1) is 23.2 Å². The first-order valence-electron chi connectivity index (χ1n) is 8.16. The van der Waals surface area contributed by atoms with Crippen LogP contribution in [0.4, 0.5) is 0 Å². The highest BCUT2D eigenvalue weighted by Gasteiger charge is 2.16. The number of hydrogen-bond donors (Lipinski definition) is 0. The molecule has 5 nitrogen and oxygen atoms in total. The second-order valence-corrected chi connectivity index (χ2v) is 7.10. The standard InChI is InChI=1S/C19H18N2O3S/c1-21(12-18-20-14-4-2-3-5-17(14)25-18)19(22)11-13-6-7-15-16(10-13)24-9-8-23-15/h2-7,10H,8-9,11-12H2,1H3. The summed E-state index contributed by atoms with van der Waals surface area (Å²) in [6.07, 6.45) is 0.331. The van der Waals surface area contributed by atoms with Gasteiger partial charge >= 0.3 is 0 Å². The number of ether oxygens (including phenoxy) is 2. The highest BCUT2D eigenvalue weighted by molar-refractivity contribution is 7.18. The molecule has 1 aliphatic heterocycles. The number of para-hydroxylation sites is 1. The molecule has 3 aromatic rings. The molecular formula is C19H18N2O3S. The minimum atomic E-state index is 0.0518. The molecule has 0 N–H and O–H groups in total. The van der Waals surface area contributed by atoms with Crippen LogP contribution in [0.2, 0.25) is 0 Å². The zero-order valence-corrected chi connectivity index (χ0v) is 14.7. The lowest BCUT2D eigenvalue weighted by Gasteiger charge is -2.20. The van der Waals surface area contributed by atoms with Crippen molar-refractivity contribution >= 4 is 27.5 Å². The number of hydrogen-bond acceptors (Lipinski definition) is 5. The fourth-order valence-corrected chi connectivity index (χ4v) is 3.81. The zero-order valence-electron chi connectivity index (χ0n) is 13.9. The molecule has 1 aromatic heterocycles. The molecular weight excluding hydrogens is 336 g/mol. The van der Waals surface area contributed by atoms with Gasteiger partial charge in [-0.1, -0.05) is 18.2 Å². The molecule has 25 heavy (non-hydrogen) atoms. The summed E-state index contributed by atoms with van der Waals surface area (Å²) >= 11 is 1.63. The van der Waals surface area contributed by atoms with E-state index < -0.39 is 0 Å². The largest absolute Gasteiger partial charge is 0.486 e. The molecule has 0 radical (unpaired) electrons. The van der Waals surface area contributed by atoms with Crippen LogP contribution in [-0.4, -0.2) is 36.1 Å². The highest BCUT2D eigenvalue weighted by Crippen LogP contribution is 2.31. The maximum Gasteiger partial charge on any atom is 0.227 e. The number of benzene rings is 2. The topological polar surface area (TPSA) is 51.7 Å². The van der Waals surface area contributed by atoms with Gasteiger partial charge in [0, 0.05) is 7.05 Å². The molecule has 0 aliphatic carbocycles. The summed E-state index contributed by atoms with van der Waals surface area (Å²) in [5, 5.41) is 0.944. The minimum absolute atomic E-state index is 0.0518. The summed E-state index contributed by atoms with van der Waals surface area (Å²) < 4.78 is 12.2. The quantitative estimate of drug-likeness (QED) is 0.722. The van der Waals surface area contributed by atoms with Crippen molar-refractivity contribution in [2.75, 3.05) is 20.3 Å². The fraction of sp³-hybridized carbons (Fsp3) is 0.263. The third-order valence-electron chi connectivity index (χ3n) is 4.10. The second-order valence-electron chi connectivity index (χ2n) is 5.98. The van der Waals surface area contributed by atoms with Crippen molar-refractivity contribution in [1.82, 2.24) is 9.88 Å². The number of fused-ring (bicyclic) bond motifs is 2. The van der Waals surface area contributed by atoms with E-state index in [0.717, 1.165) is 26.5 Å². The summed E-state index contributed by atoms with van der Waals surface area (Å²) in [7, 11) is 1.81. The molecule has 0 saturated carbocycles. The van der Waals surface area contributed by atoms with Crippen molar-refractivity contribution in [3.63, 3.8) is 0 Å². The summed E-state index contributed by atoms with van der Waals surface area (Å²) in [6, 6.07) is 13.7. The molecule has 6 heteroatoms. The third-order valence-corrected chi connectivity index (χ3v) is 5.12. The van der Waals surface area contributed by atoms with E-state index in [1.54, 1.807) is 16.2 Å². The first-order chi connectivity index (χ1) is 12.2. The van der Waals surface area contributed by atoms with Gasteiger partial charge in [-0.05, 0) is 29.8 Å². The Kier molecular flexibility index (Phi) is 4.28. The summed E-state index contributed by atoms with van der Waals surface area (Å²) in [6.45, 7) is 1.63. The van der Waals surface area contributed by atoms with E-state index in [1.165, 1.54) is 0 Å². The molecule has 0 atom stereocenters. The Morgan fingerprint density at radius 1 is 1.16 bits per heavy atom. The molecule has 0 spiro atoms. The summed E-state index contributed by atoms with van der Waals surface area (Å²) in [5.74, 6) is 1.51. The van der Waals surface area contributed by atoms with Crippen LogP contribution in [0.1, 0.15) is 10.6 Å². The number of thiazole rings is 1. The normalized spacial score (nSPS) is 13.0. The molecule has 2 aromatic carbocycles. The van der Waals surface area contributed by atoms with Crippen molar-refractivity contribution in [3.05, 3.63) is 53.0 Å². The van der Waals surface area contributed by atoms with Gasteiger partial charge in [0.15, 0.2) is 11.5 Å². The monoisotopic (exact) mass is 354 g/mol. The predicted octanol–water partition coefficient (Wildman–Crippen LogP) is 3.27. The van der Waals surface area contributed by atoms with Gasteiger partial charge < -0.3 is 14.4 Å². The van der Waals surface area contributed by atoms with Crippen molar-refractivity contribution in [2.24, 2.45) is 0 Å². The maximum absolute atomic E-state index is 12.5. The Balaban J connectivity index is 1.43. The summed E-state index contributed by atoms with van der Waals surface area (Å²) in [5.41, 5.74) is 1.90. The fourth-order valence-electron chi connectivity index (χ4n) is 2.79. The van der Waals surface area contributed by atoms with Crippen LogP contribution < -0.4 is 9.47 Å².